The van der Waals surface area contributed by atoms with Crippen LogP contribution in [-0.2, 0) is 9.59 Å². The quantitative estimate of drug-likeness (QED) is 0.789. The first-order chi connectivity index (χ1) is 8.49. The van der Waals surface area contributed by atoms with Gasteiger partial charge in [0.1, 0.15) is 0 Å². The highest BCUT2D eigenvalue weighted by Gasteiger charge is 2.11. The van der Waals surface area contributed by atoms with Crippen LogP contribution in [0, 0.1) is 0 Å². The van der Waals surface area contributed by atoms with Gasteiger partial charge in [-0.25, -0.2) is 0 Å². The van der Waals surface area contributed by atoms with E-state index in [1.807, 2.05) is 18.2 Å². The third kappa shape index (κ3) is 5.42. The molecule has 0 fully saturated rings. The summed E-state index contributed by atoms with van der Waals surface area (Å²) >= 11 is 7.28. The highest BCUT2D eigenvalue weighted by molar-refractivity contribution is 8.00. The first kappa shape index (κ1) is 14.9. The van der Waals surface area contributed by atoms with E-state index < -0.39 is 5.97 Å². The van der Waals surface area contributed by atoms with E-state index in [2.05, 4.69) is 5.32 Å². The van der Waals surface area contributed by atoms with Gasteiger partial charge in [0.15, 0.2) is 0 Å². The largest absolute Gasteiger partial charge is 0.481 e. The first-order valence-electron chi connectivity index (χ1n) is 5.37. The summed E-state index contributed by atoms with van der Waals surface area (Å²) in [5.41, 5.74) is 0. The number of hydrogen-bond donors (Lipinski definition) is 2. The molecule has 0 saturated carbocycles. The summed E-state index contributed by atoms with van der Waals surface area (Å²) in [6, 6.07) is 6.89. The van der Waals surface area contributed by atoms with E-state index in [4.69, 9.17) is 16.7 Å². The molecule has 0 bridgehead atoms. The minimum atomic E-state index is -0.929. The number of halogens is 1. The zero-order valence-electron chi connectivity index (χ0n) is 9.85. The monoisotopic (exact) mass is 287 g/mol. The van der Waals surface area contributed by atoms with Crippen molar-refractivity contribution in [3.8, 4) is 0 Å². The van der Waals surface area contributed by atoms with Crippen LogP contribution in [0.5, 0.6) is 0 Å². The van der Waals surface area contributed by atoms with Gasteiger partial charge in [-0.1, -0.05) is 23.7 Å². The Bertz CT molecular complexity index is 439. The third-order valence-electron chi connectivity index (χ3n) is 2.08. The molecule has 1 rings (SSSR count). The van der Waals surface area contributed by atoms with Crippen LogP contribution in [0.4, 0.5) is 0 Å². The van der Waals surface area contributed by atoms with Gasteiger partial charge in [0.2, 0.25) is 5.91 Å². The van der Waals surface area contributed by atoms with Crippen molar-refractivity contribution in [3.63, 3.8) is 0 Å². The van der Waals surface area contributed by atoms with E-state index in [0.717, 1.165) is 4.90 Å². The fourth-order valence-corrected chi connectivity index (χ4v) is 2.38. The highest BCUT2D eigenvalue weighted by atomic mass is 35.5. The third-order valence-corrected chi connectivity index (χ3v) is 3.60. The summed E-state index contributed by atoms with van der Waals surface area (Å²) < 4.78 is 0. The van der Waals surface area contributed by atoms with Crippen molar-refractivity contribution in [1.82, 2.24) is 5.32 Å². The molecular formula is C12H14ClNO3S. The number of carbonyl (C=O) groups excluding carboxylic acids is 1. The Labute approximate surface area is 115 Å². The molecule has 0 saturated heterocycles. The summed E-state index contributed by atoms with van der Waals surface area (Å²) in [7, 11) is 0. The maximum atomic E-state index is 11.6. The average Bonchev–Trinajstić information content (AvgIpc) is 2.26. The highest BCUT2D eigenvalue weighted by Crippen LogP contribution is 2.26. The number of benzene rings is 1. The number of carboxylic acids is 1. The van der Waals surface area contributed by atoms with Crippen molar-refractivity contribution in [2.45, 2.75) is 24.3 Å². The molecule has 1 aromatic rings. The Balaban J connectivity index is 2.38. The molecule has 0 spiro atoms. The molecule has 1 aromatic carbocycles. The predicted molar refractivity (Wildman–Crippen MR) is 72.0 cm³/mol. The van der Waals surface area contributed by atoms with Gasteiger partial charge in [0, 0.05) is 10.9 Å². The van der Waals surface area contributed by atoms with Crippen LogP contribution in [0.2, 0.25) is 5.02 Å². The molecular weight excluding hydrogens is 274 g/mol. The average molecular weight is 288 g/mol. The second kappa shape index (κ2) is 7.28. The SMILES string of the molecule is CC(CC(=O)O)NC(=O)CSc1ccccc1Cl. The van der Waals surface area contributed by atoms with Gasteiger partial charge in [-0.05, 0) is 19.1 Å². The van der Waals surface area contributed by atoms with Gasteiger partial charge in [0.25, 0.3) is 0 Å². The lowest BCUT2D eigenvalue weighted by atomic mass is 10.2. The molecule has 1 amide bonds. The van der Waals surface area contributed by atoms with Crippen LogP contribution in [0.1, 0.15) is 13.3 Å². The number of thioether (sulfide) groups is 1. The van der Waals surface area contributed by atoms with Gasteiger partial charge in [-0.15, -0.1) is 11.8 Å². The Morgan fingerprint density at radius 3 is 2.72 bits per heavy atom. The van der Waals surface area contributed by atoms with Crippen molar-refractivity contribution in [3.05, 3.63) is 29.3 Å². The number of carbonyl (C=O) groups is 2. The van der Waals surface area contributed by atoms with Crippen molar-refractivity contribution in [2.24, 2.45) is 0 Å². The Morgan fingerprint density at radius 2 is 2.11 bits per heavy atom. The number of rotatable bonds is 6. The lowest BCUT2D eigenvalue weighted by molar-refractivity contribution is -0.137. The van der Waals surface area contributed by atoms with Gasteiger partial charge in [-0.3, -0.25) is 9.59 Å². The number of carboxylic acid groups (broad SMARTS) is 1. The number of aliphatic carboxylic acids is 1. The van der Waals surface area contributed by atoms with Crippen LogP contribution in [0.15, 0.2) is 29.2 Å². The molecule has 0 heterocycles. The molecule has 0 radical (unpaired) electrons. The summed E-state index contributed by atoms with van der Waals surface area (Å²) in [6.07, 6.45) is -0.0809. The van der Waals surface area contributed by atoms with Gasteiger partial charge >= 0.3 is 5.97 Å². The van der Waals surface area contributed by atoms with Gasteiger partial charge in [0.05, 0.1) is 17.2 Å². The normalized spacial score (nSPS) is 11.9. The molecule has 4 nitrogen and oxygen atoms in total. The van der Waals surface area contributed by atoms with E-state index in [1.165, 1.54) is 11.8 Å². The zero-order chi connectivity index (χ0) is 13.5. The second-order valence-electron chi connectivity index (χ2n) is 3.79. The van der Waals surface area contributed by atoms with E-state index in [0.29, 0.717) is 5.02 Å². The van der Waals surface area contributed by atoms with Crippen molar-refractivity contribution >= 4 is 35.2 Å². The summed E-state index contributed by atoms with van der Waals surface area (Å²) in [6.45, 7) is 1.66. The van der Waals surface area contributed by atoms with Crippen LogP contribution in [-0.4, -0.2) is 28.8 Å². The zero-order valence-corrected chi connectivity index (χ0v) is 11.4. The van der Waals surface area contributed by atoms with Crippen LogP contribution < -0.4 is 5.32 Å². The molecule has 1 atom stereocenters. The number of amides is 1. The topological polar surface area (TPSA) is 66.4 Å². The second-order valence-corrected chi connectivity index (χ2v) is 5.21. The molecule has 2 N–H and O–H groups in total. The summed E-state index contributed by atoms with van der Waals surface area (Å²) in [5.74, 6) is -0.913. The van der Waals surface area contributed by atoms with E-state index in [-0.39, 0.29) is 24.1 Å². The molecule has 98 valence electrons. The van der Waals surface area contributed by atoms with Crippen molar-refractivity contribution < 1.29 is 14.7 Å². The molecule has 1 unspecified atom stereocenters. The minimum Gasteiger partial charge on any atom is -0.481 e. The van der Waals surface area contributed by atoms with Crippen LogP contribution in [0.3, 0.4) is 0 Å². The molecule has 0 aliphatic rings. The number of hydrogen-bond acceptors (Lipinski definition) is 3. The van der Waals surface area contributed by atoms with E-state index >= 15 is 0 Å². The fraction of sp³-hybridized carbons (Fsp3) is 0.333. The van der Waals surface area contributed by atoms with Crippen LogP contribution >= 0.6 is 23.4 Å². The standard InChI is InChI=1S/C12H14ClNO3S/c1-8(6-12(16)17)14-11(15)7-18-10-5-3-2-4-9(10)13/h2-5,8H,6-7H2,1H3,(H,14,15)(H,16,17). The molecule has 18 heavy (non-hydrogen) atoms. The maximum absolute atomic E-state index is 11.6. The molecule has 0 aliphatic heterocycles. The minimum absolute atomic E-state index is 0.0809. The first-order valence-corrected chi connectivity index (χ1v) is 6.74. The maximum Gasteiger partial charge on any atom is 0.305 e. The van der Waals surface area contributed by atoms with Gasteiger partial charge < -0.3 is 10.4 Å². The smallest absolute Gasteiger partial charge is 0.305 e. The Morgan fingerprint density at radius 1 is 1.44 bits per heavy atom. The predicted octanol–water partition coefficient (Wildman–Crippen LogP) is 2.41. The summed E-state index contributed by atoms with van der Waals surface area (Å²) in [4.78, 5) is 22.8. The fourth-order valence-electron chi connectivity index (χ4n) is 1.33. The lowest BCUT2D eigenvalue weighted by Gasteiger charge is -2.11. The van der Waals surface area contributed by atoms with Crippen molar-refractivity contribution in [2.75, 3.05) is 5.75 Å². The molecule has 0 aliphatic carbocycles. The Kier molecular flexibility index (Phi) is 6.01. The Hall–Kier alpha value is -1.20. The molecule has 0 aromatic heterocycles. The summed E-state index contributed by atoms with van der Waals surface area (Å²) in [5, 5.41) is 11.8. The van der Waals surface area contributed by atoms with E-state index in [9.17, 15) is 9.59 Å². The van der Waals surface area contributed by atoms with Crippen LogP contribution in [0.25, 0.3) is 0 Å². The molecule has 6 heteroatoms. The number of nitrogens with one attached hydrogen (secondary N) is 1. The van der Waals surface area contributed by atoms with E-state index in [1.54, 1.807) is 13.0 Å². The van der Waals surface area contributed by atoms with Crippen molar-refractivity contribution in [1.29, 1.82) is 0 Å². The lowest BCUT2D eigenvalue weighted by Crippen LogP contribution is -2.35. The van der Waals surface area contributed by atoms with Gasteiger partial charge in [-0.2, -0.15) is 0 Å².